The molecule has 0 spiro atoms. The molecule has 6 heteroatoms. The minimum absolute atomic E-state index is 0.307. The third-order valence-electron chi connectivity index (χ3n) is 4.73. The fourth-order valence-corrected chi connectivity index (χ4v) is 3.52. The Morgan fingerprint density at radius 3 is 2.41 bits per heavy atom. The summed E-state index contributed by atoms with van der Waals surface area (Å²) in [4.78, 5) is 8.85. The first-order valence-corrected chi connectivity index (χ1v) is 9.29. The van der Waals surface area contributed by atoms with Gasteiger partial charge in [0, 0.05) is 32.7 Å². The molecule has 0 saturated carbocycles. The fourth-order valence-electron chi connectivity index (χ4n) is 3.30. The number of rotatable bonds is 4. The van der Waals surface area contributed by atoms with Crippen molar-refractivity contribution >= 4 is 17.5 Å². The number of piperazine rings is 1. The Kier molecular flexibility index (Phi) is 5.10. The van der Waals surface area contributed by atoms with E-state index in [2.05, 4.69) is 45.1 Å². The van der Waals surface area contributed by atoms with Crippen LogP contribution in [-0.4, -0.2) is 36.1 Å². The Labute approximate surface area is 163 Å². The third-order valence-corrected chi connectivity index (χ3v) is 5.06. The molecule has 2 aromatic carbocycles. The summed E-state index contributed by atoms with van der Waals surface area (Å²) < 4.78 is 5.95. The number of aromatic nitrogens is 1. The zero-order chi connectivity index (χ0) is 18.6. The number of oxazole rings is 1. The van der Waals surface area contributed by atoms with E-state index in [1.165, 1.54) is 5.56 Å². The summed E-state index contributed by atoms with van der Waals surface area (Å²) in [6.45, 7) is 4.32. The van der Waals surface area contributed by atoms with Gasteiger partial charge in [0.25, 0.3) is 0 Å². The van der Waals surface area contributed by atoms with Crippen molar-refractivity contribution in [2.45, 2.75) is 6.54 Å². The molecule has 0 N–H and O–H groups in total. The van der Waals surface area contributed by atoms with Gasteiger partial charge >= 0.3 is 0 Å². The molecule has 1 fully saturated rings. The molecule has 0 aliphatic carbocycles. The van der Waals surface area contributed by atoms with Gasteiger partial charge in [-0.05, 0) is 17.7 Å². The Hall–Kier alpha value is -2.81. The number of nitrogens with zero attached hydrogens (tertiary/aromatic N) is 4. The van der Waals surface area contributed by atoms with Gasteiger partial charge in [-0.3, -0.25) is 4.90 Å². The molecule has 4 rings (SSSR count). The largest absolute Gasteiger partial charge is 0.419 e. The van der Waals surface area contributed by atoms with Gasteiger partial charge in [0.15, 0.2) is 0 Å². The maximum Gasteiger partial charge on any atom is 0.235 e. The van der Waals surface area contributed by atoms with Crippen molar-refractivity contribution in [2.75, 3.05) is 31.1 Å². The maximum atomic E-state index is 9.48. The van der Waals surface area contributed by atoms with Crippen LogP contribution >= 0.6 is 11.6 Å². The van der Waals surface area contributed by atoms with Crippen LogP contribution in [0.4, 0.5) is 5.88 Å². The van der Waals surface area contributed by atoms with Crippen LogP contribution in [0.25, 0.3) is 11.5 Å². The van der Waals surface area contributed by atoms with Gasteiger partial charge in [-0.1, -0.05) is 54.1 Å². The van der Waals surface area contributed by atoms with Gasteiger partial charge < -0.3 is 9.32 Å². The molecule has 136 valence electrons. The van der Waals surface area contributed by atoms with E-state index in [1.807, 2.05) is 24.3 Å². The normalized spacial score (nSPS) is 14.9. The molecule has 1 saturated heterocycles. The quantitative estimate of drug-likeness (QED) is 0.681. The van der Waals surface area contributed by atoms with Crippen LogP contribution in [0.2, 0.25) is 5.02 Å². The second-order valence-corrected chi connectivity index (χ2v) is 6.92. The minimum Gasteiger partial charge on any atom is -0.419 e. The average molecular weight is 379 g/mol. The van der Waals surface area contributed by atoms with Gasteiger partial charge in [-0.15, -0.1) is 0 Å². The number of hydrogen-bond acceptors (Lipinski definition) is 5. The highest BCUT2D eigenvalue weighted by molar-refractivity contribution is 6.33. The lowest BCUT2D eigenvalue weighted by atomic mass is 10.2. The van der Waals surface area contributed by atoms with Crippen molar-refractivity contribution in [3.63, 3.8) is 0 Å². The summed E-state index contributed by atoms with van der Waals surface area (Å²) in [5.41, 5.74) is 2.32. The molecule has 0 amide bonds. The molecule has 0 radical (unpaired) electrons. The van der Waals surface area contributed by atoms with Crippen LogP contribution in [-0.2, 0) is 6.54 Å². The van der Waals surface area contributed by atoms with Crippen molar-refractivity contribution in [1.82, 2.24) is 9.88 Å². The second-order valence-electron chi connectivity index (χ2n) is 6.51. The molecule has 27 heavy (non-hydrogen) atoms. The highest BCUT2D eigenvalue weighted by Crippen LogP contribution is 2.32. The van der Waals surface area contributed by atoms with Crippen molar-refractivity contribution in [3.8, 4) is 17.5 Å². The van der Waals surface area contributed by atoms with E-state index < -0.39 is 0 Å². The summed E-state index contributed by atoms with van der Waals surface area (Å²) in [7, 11) is 0. The number of nitriles is 1. The molecule has 2 heterocycles. The van der Waals surface area contributed by atoms with Gasteiger partial charge in [0.1, 0.15) is 6.07 Å². The molecule has 0 atom stereocenters. The average Bonchev–Trinajstić information content (AvgIpc) is 3.14. The number of halogens is 1. The SMILES string of the molecule is N#Cc1nc(-c2ccccc2Cl)oc1N1CCN(Cc2ccccc2)CC1. The van der Waals surface area contributed by atoms with Gasteiger partial charge in [0.2, 0.25) is 17.5 Å². The van der Waals surface area contributed by atoms with Gasteiger partial charge in [-0.25, -0.2) is 0 Å². The monoisotopic (exact) mass is 378 g/mol. The van der Waals surface area contributed by atoms with Crippen LogP contribution < -0.4 is 4.90 Å². The van der Waals surface area contributed by atoms with E-state index in [-0.39, 0.29) is 0 Å². The Bertz CT molecular complexity index is 956. The smallest absolute Gasteiger partial charge is 0.235 e. The van der Waals surface area contributed by atoms with Crippen molar-refractivity contribution in [3.05, 3.63) is 70.9 Å². The van der Waals surface area contributed by atoms with E-state index in [0.29, 0.717) is 28.1 Å². The second kappa shape index (κ2) is 7.83. The molecule has 5 nitrogen and oxygen atoms in total. The lowest BCUT2D eigenvalue weighted by Crippen LogP contribution is -2.46. The number of anilines is 1. The summed E-state index contributed by atoms with van der Waals surface area (Å²) >= 11 is 6.24. The number of benzene rings is 2. The van der Waals surface area contributed by atoms with Gasteiger partial charge in [0.05, 0.1) is 10.6 Å². The number of hydrogen-bond donors (Lipinski definition) is 0. The van der Waals surface area contributed by atoms with Crippen LogP contribution in [0.3, 0.4) is 0 Å². The molecular weight excluding hydrogens is 360 g/mol. The van der Waals surface area contributed by atoms with Gasteiger partial charge in [-0.2, -0.15) is 10.2 Å². The zero-order valence-corrected chi connectivity index (χ0v) is 15.6. The minimum atomic E-state index is 0.307. The lowest BCUT2D eigenvalue weighted by Gasteiger charge is -2.34. The van der Waals surface area contributed by atoms with Crippen LogP contribution in [0.15, 0.2) is 59.0 Å². The highest BCUT2D eigenvalue weighted by atomic mass is 35.5. The van der Waals surface area contributed by atoms with E-state index in [0.717, 1.165) is 32.7 Å². The lowest BCUT2D eigenvalue weighted by molar-refractivity contribution is 0.246. The van der Waals surface area contributed by atoms with E-state index >= 15 is 0 Å². The topological polar surface area (TPSA) is 56.3 Å². The first-order valence-electron chi connectivity index (χ1n) is 8.91. The first kappa shape index (κ1) is 17.6. The van der Waals surface area contributed by atoms with Crippen LogP contribution in [0, 0.1) is 11.3 Å². The van der Waals surface area contributed by atoms with E-state index in [4.69, 9.17) is 16.0 Å². The molecule has 1 aliphatic rings. The highest BCUT2D eigenvalue weighted by Gasteiger charge is 2.25. The summed E-state index contributed by atoms with van der Waals surface area (Å²) in [5, 5.41) is 10.0. The summed E-state index contributed by atoms with van der Waals surface area (Å²) in [5.74, 6) is 0.922. The van der Waals surface area contributed by atoms with Crippen molar-refractivity contribution < 1.29 is 4.42 Å². The molecular formula is C21H19ClN4O. The van der Waals surface area contributed by atoms with E-state index in [9.17, 15) is 5.26 Å². The Morgan fingerprint density at radius 2 is 1.70 bits per heavy atom. The zero-order valence-electron chi connectivity index (χ0n) is 14.8. The van der Waals surface area contributed by atoms with E-state index in [1.54, 1.807) is 6.07 Å². The molecule has 1 aromatic heterocycles. The summed E-state index contributed by atoms with van der Waals surface area (Å²) in [6, 6.07) is 20.0. The standard InChI is InChI=1S/C21H19ClN4O/c22-18-9-5-4-8-17(18)20-24-19(14-23)21(27-20)26-12-10-25(11-13-26)15-16-6-2-1-3-7-16/h1-9H,10-13,15H2. The molecule has 0 bridgehead atoms. The molecule has 1 aliphatic heterocycles. The van der Waals surface area contributed by atoms with Crippen molar-refractivity contribution in [2.24, 2.45) is 0 Å². The fraction of sp³-hybridized carbons (Fsp3) is 0.238. The predicted octanol–water partition coefficient (Wildman–Crippen LogP) is 4.19. The summed E-state index contributed by atoms with van der Waals surface area (Å²) in [6.07, 6.45) is 0. The molecule has 3 aromatic rings. The maximum absolute atomic E-state index is 9.48. The Morgan fingerprint density at radius 1 is 1.00 bits per heavy atom. The third kappa shape index (κ3) is 3.82. The first-order chi connectivity index (χ1) is 13.2. The Balaban J connectivity index is 1.48. The van der Waals surface area contributed by atoms with Crippen LogP contribution in [0.5, 0.6) is 0 Å². The molecule has 0 unspecified atom stereocenters. The van der Waals surface area contributed by atoms with Crippen molar-refractivity contribution in [1.29, 1.82) is 5.26 Å². The van der Waals surface area contributed by atoms with Crippen LogP contribution in [0.1, 0.15) is 11.3 Å². The predicted molar refractivity (Wildman–Crippen MR) is 106 cm³/mol.